The lowest BCUT2D eigenvalue weighted by Gasteiger charge is -2.16. The fourth-order valence-corrected chi connectivity index (χ4v) is 8.58. The van der Waals surface area contributed by atoms with Crippen molar-refractivity contribution in [3.63, 3.8) is 0 Å². The maximum atomic E-state index is 5.22. The molecule has 276 valence electrons. The summed E-state index contributed by atoms with van der Waals surface area (Å²) in [5, 5.41) is 4.80. The Labute approximate surface area is 343 Å². The number of benzene rings is 9. The average molecular weight is 752 g/mol. The van der Waals surface area contributed by atoms with Crippen molar-refractivity contribution in [3.8, 4) is 73.0 Å². The fourth-order valence-electron chi connectivity index (χ4n) is 8.58. The number of rotatable bonds is 7. The molecule has 0 saturated carbocycles. The van der Waals surface area contributed by atoms with Crippen LogP contribution < -0.4 is 0 Å². The summed E-state index contributed by atoms with van der Waals surface area (Å²) in [7, 11) is 0. The molecule has 0 aliphatic heterocycles. The molecule has 0 atom stereocenters. The molecule has 0 unspecified atom stereocenters. The summed E-state index contributed by atoms with van der Waals surface area (Å²) in [5.41, 5.74) is 15.4. The maximum absolute atomic E-state index is 5.22. The van der Waals surface area contributed by atoms with Crippen LogP contribution in [0.15, 0.2) is 224 Å². The third-order valence-electron chi connectivity index (χ3n) is 11.4. The average Bonchev–Trinajstić information content (AvgIpc) is 3.65. The first-order valence-corrected chi connectivity index (χ1v) is 20.1. The highest BCUT2D eigenvalue weighted by Gasteiger charge is 2.18. The van der Waals surface area contributed by atoms with Crippen LogP contribution in [0.5, 0.6) is 0 Å². The van der Waals surface area contributed by atoms with E-state index in [9.17, 15) is 0 Å². The van der Waals surface area contributed by atoms with Crippen molar-refractivity contribution in [3.05, 3.63) is 224 Å². The van der Waals surface area contributed by atoms with E-state index >= 15 is 0 Å². The standard InChI is InChI=1S/C56H37N3/c1-5-17-38(18-6-1)42-33-43(41-29-30-51-50-27-15-16-28-54(50)59(55(51)36-41)45-23-11-4-12-24-45)35-44(34-42)46-31-32-49(48-26-14-13-25-47(46)48)53-37-52(39-19-7-2-8-20-39)57-56(58-53)40-21-9-3-10-22-40/h1-37H. The van der Waals surface area contributed by atoms with E-state index in [-0.39, 0.29) is 0 Å². The Balaban J connectivity index is 1.10. The molecule has 3 nitrogen and oxygen atoms in total. The Morgan fingerprint density at radius 2 is 0.780 bits per heavy atom. The van der Waals surface area contributed by atoms with Gasteiger partial charge in [-0.2, -0.15) is 0 Å². The van der Waals surface area contributed by atoms with Crippen LogP contribution in [-0.4, -0.2) is 14.5 Å². The number of fused-ring (bicyclic) bond motifs is 4. The topological polar surface area (TPSA) is 30.7 Å². The molecule has 3 heteroatoms. The second kappa shape index (κ2) is 14.6. The Kier molecular flexibility index (Phi) is 8.49. The molecule has 0 N–H and O–H groups in total. The van der Waals surface area contributed by atoms with Gasteiger partial charge in [0.05, 0.1) is 22.4 Å². The summed E-state index contributed by atoms with van der Waals surface area (Å²) in [5.74, 6) is 0.707. The second-order valence-electron chi connectivity index (χ2n) is 15.0. The van der Waals surface area contributed by atoms with Gasteiger partial charge >= 0.3 is 0 Å². The molecule has 9 aromatic carbocycles. The van der Waals surface area contributed by atoms with Gasteiger partial charge in [-0.1, -0.05) is 176 Å². The summed E-state index contributed by atoms with van der Waals surface area (Å²) < 4.78 is 2.39. The zero-order valence-electron chi connectivity index (χ0n) is 32.2. The molecule has 11 aromatic rings. The molecule has 0 spiro atoms. The van der Waals surface area contributed by atoms with Crippen LogP contribution in [0.25, 0.3) is 106 Å². The summed E-state index contributed by atoms with van der Waals surface area (Å²) in [6, 6.07) is 80.0. The van der Waals surface area contributed by atoms with Crippen molar-refractivity contribution in [1.29, 1.82) is 0 Å². The van der Waals surface area contributed by atoms with Crippen molar-refractivity contribution in [2.45, 2.75) is 0 Å². The van der Waals surface area contributed by atoms with Crippen LogP contribution in [-0.2, 0) is 0 Å². The van der Waals surface area contributed by atoms with E-state index in [0.29, 0.717) is 5.82 Å². The molecule has 11 rings (SSSR count). The number of hydrogen-bond acceptors (Lipinski definition) is 2. The maximum Gasteiger partial charge on any atom is 0.160 e. The minimum Gasteiger partial charge on any atom is -0.309 e. The van der Waals surface area contributed by atoms with Gasteiger partial charge < -0.3 is 4.57 Å². The third-order valence-corrected chi connectivity index (χ3v) is 11.4. The molecule has 0 aliphatic rings. The lowest BCUT2D eigenvalue weighted by Crippen LogP contribution is -1.96. The van der Waals surface area contributed by atoms with Crippen LogP contribution in [0, 0.1) is 0 Å². The highest BCUT2D eigenvalue weighted by molar-refractivity contribution is 6.10. The Morgan fingerprint density at radius 3 is 1.49 bits per heavy atom. The fraction of sp³-hybridized carbons (Fsp3) is 0. The summed E-state index contributed by atoms with van der Waals surface area (Å²) >= 11 is 0. The minimum atomic E-state index is 0.707. The van der Waals surface area contributed by atoms with Gasteiger partial charge in [0, 0.05) is 33.2 Å². The number of hydrogen-bond donors (Lipinski definition) is 0. The highest BCUT2D eigenvalue weighted by Crippen LogP contribution is 2.41. The largest absolute Gasteiger partial charge is 0.309 e. The van der Waals surface area contributed by atoms with E-state index in [1.807, 2.05) is 24.3 Å². The van der Waals surface area contributed by atoms with Crippen molar-refractivity contribution < 1.29 is 0 Å². The van der Waals surface area contributed by atoms with Crippen LogP contribution in [0.3, 0.4) is 0 Å². The monoisotopic (exact) mass is 751 g/mol. The van der Waals surface area contributed by atoms with E-state index in [1.54, 1.807) is 0 Å². The van der Waals surface area contributed by atoms with Crippen molar-refractivity contribution in [2.75, 3.05) is 0 Å². The molecular formula is C56H37N3. The van der Waals surface area contributed by atoms with Gasteiger partial charge in [-0.05, 0) is 92.7 Å². The normalized spacial score (nSPS) is 11.4. The number of nitrogens with zero attached hydrogens (tertiary/aromatic N) is 3. The van der Waals surface area contributed by atoms with Crippen LogP contribution in [0.2, 0.25) is 0 Å². The molecule has 0 bridgehead atoms. The van der Waals surface area contributed by atoms with Gasteiger partial charge in [-0.3, -0.25) is 0 Å². The van der Waals surface area contributed by atoms with Crippen molar-refractivity contribution in [1.82, 2.24) is 14.5 Å². The first-order chi connectivity index (χ1) is 29.2. The summed E-state index contributed by atoms with van der Waals surface area (Å²) in [4.78, 5) is 10.3. The van der Waals surface area contributed by atoms with E-state index in [4.69, 9.17) is 9.97 Å². The van der Waals surface area contributed by atoms with Gasteiger partial charge in [0.2, 0.25) is 0 Å². The van der Waals surface area contributed by atoms with E-state index < -0.39 is 0 Å². The summed E-state index contributed by atoms with van der Waals surface area (Å²) in [6.07, 6.45) is 0. The zero-order chi connectivity index (χ0) is 39.1. The Hall–Kier alpha value is -7.88. The zero-order valence-corrected chi connectivity index (χ0v) is 32.2. The number of para-hydroxylation sites is 2. The molecule has 2 heterocycles. The SMILES string of the molecule is c1ccc(-c2cc(-c3ccc4c5ccccc5n(-c5ccccc5)c4c3)cc(-c3ccc(-c4cc(-c5ccccc5)nc(-c5ccccc5)n4)c4ccccc34)c2)cc1. The Bertz CT molecular complexity index is 3240. The number of aromatic nitrogens is 3. The molecule has 0 fully saturated rings. The predicted molar refractivity (Wildman–Crippen MR) is 246 cm³/mol. The molecule has 0 saturated heterocycles. The molecule has 0 radical (unpaired) electrons. The van der Waals surface area contributed by atoms with Gasteiger partial charge in [-0.25, -0.2) is 9.97 Å². The quantitative estimate of drug-likeness (QED) is 0.162. The van der Waals surface area contributed by atoms with Crippen LogP contribution in [0.4, 0.5) is 0 Å². The summed E-state index contributed by atoms with van der Waals surface area (Å²) in [6.45, 7) is 0. The van der Waals surface area contributed by atoms with Gasteiger partial charge in [-0.15, -0.1) is 0 Å². The second-order valence-corrected chi connectivity index (χ2v) is 15.0. The lowest BCUT2D eigenvalue weighted by molar-refractivity contribution is 1.18. The van der Waals surface area contributed by atoms with Crippen molar-refractivity contribution in [2.24, 2.45) is 0 Å². The molecule has 2 aromatic heterocycles. The third kappa shape index (κ3) is 6.26. The van der Waals surface area contributed by atoms with E-state index in [2.05, 4.69) is 205 Å². The first-order valence-electron chi connectivity index (χ1n) is 20.1. The minimum absolute atomic E-state index is 0.707. The van der Waals surface area contributed by atoms with E-state index in [1.165, 1.54) is 49.4 Å². The van der Waals surface area contributed by atoms with Gasteiger partial charge in [0.25, 0.3) is 0 Å². The first kappa shape index (κ1) is 34.4. The molecule has 0 aliphatic carbocycles. The van der Waals surface area contributed by atoms with Crippen LogP contribution >= 0.6 is 0 Å². The van der Waals surface area contributed by atoms with Crippen LogP contribution in [0.1, 0.15) is 0 Å². The molecule has 0 amide bonds. The predicted octanol–water partition coefficient (Wildman–Crippen LogP) is 14.7. The van der Waals surface area contributed by atoms with Crippen molar-refractivity contribution >= 4 is 32.6 Å². The molecule has 59 heavy (non-hydrogen) atoms. The smallest absolute Gasteiger partial charge is 0.160 e. The highest BCUT2D eigenvalue weighted by atomic mass is 15.0. The lowest BCUT2D eigenvalue weighted by atomic mass is 9.89. The molecular weight excluding hydrogens is 715 g/mol. The van der Waals surface area contributed by atoms with E-state index in [0.717, 1.165) is 50.3 Å². The van der Waals surface area contributed by atoms with Gasteiger partial charge in [0.1, 0.15) is 0 Å². The van der Waals surface area contributed by atoms with Gasteiger partial charge in [0.15, 0.2) is 5.82 Å². The Morgan fingerprint density at radius 1 is 0.271 bits per heavy atom.